The Labute approximate surface area is 116 Å². The van der Waals surface area contributed by atoms with Crippen LogP contribution in [0.3, 0.4) is 0 Å². The number of hydrogen-bond donors (Lipinski definition) is 1. The summed E-state index contributed by atoms with van der Waals surface area (Å²) in [5.74, 6) is -0.262. The van der Waals surface area contributed by atoms with Crippen LogP contribution in [-0.2, 0) is 17.6 Å². The molecule has 0 saturated heterocycles. The van der Waals surface area contributed by atoms with Crippen molar-refractivity contribution in [2.75, 3.05) is 0 Å². The first-order chi connectivity index (χ1) is 9.11. The van der Waals surface area contributed by atoms with Crippen molar-refractivity contribution in [3.05, 3.63) is 35.4 Å². The number of carboxylic acids is 1. The summed E-state index contributed by atoms with van der Waals surface area (Å²) < 4.78 is 0. The third kappa shape index (κ3) is 7.00. The maximum absolute atomic E-state index is 10.6. The van der Waals surface area contributed by atoms with Gasteiger partial charge in [0.25, 0.3) is 0 Å². The van der Waals surface area contributed by atoms with Crippen molar-refractivity contribution in [2.24, 2.45) is 5.92 Å². The van der Waals surface area contributed by atoms with Crippen LogP contribution in [0.5, 0.6) is 0 Å². The first-order valence-corrected chi connectivity index (χ1v) is 7.41. The van der Waals surface area contributed by atoms with E-state index in [1.165, 1.54) is 30.4 Å². The fourth-order valence-corrected chi connectivity index (χ4v) is 2.37. The van der Waals surface area contributed by atoms with E-state index in [1.807, 2.05) is 0 Å². The minimum Gasteiger partial charge on any atom is -0.481 e. The molecule has 0 radical (unpaired) electrons. The number of carbonyl (C=O) groups is 1. The number of benzene rings is 1. The van der Waals surface area contributed by atoms with E-state index in [0.29, 0.717) is 5.92 Å². The van der Waals surface area contributed by atoms with E-state index >= 15 is 0 Å². The Morgan fingerprint density at radius 1 is 1.26 bits per heavy atom. The molecule has 0 amide bonds. The molecule has 0 aromatic heterocycles. The van der Waals surface area contributed by atoms with E-state index in [9.17, 15) is 4.79 Å². The standard InChI is InChI=1S/C17H26O2/c1-3-4-5-7-15-8-6-9-16(13-15)12-14(2)10-11-17(18)19/h6,8-9,13-14H,3-5,7,10-12H2,1-2H3,(H,18,19). The molecule has 0 fully saturated rings. The summed E-state index contributed by atoms with van der Waals surface area (Å²) in [7, 11) is 0. The summed E-state index contributed by atoms with van der Waals surface area (Å²) in [6.07, 6.45) is 6.98. The second kappa shape index (κ2) is 8.73. The van der Waals surface area contributed by atoms with E-state index < -0.39 is 5.97 Å². The quantitative estimate of drug-likeness (QED) is 0.667. The Morgan fingerprint density at radius 2 is 2.00 bits per heavy atom. The highest BCUT2D eigenvalue weighted by Crippen LogP contribution is 2.16. The van der Waals surface area contributed by atoms with E-state index in [4.69, 9.17) is 5.11 Å². The van der Waals surface area contributed by atoms with E-state index in [-0.39, 0.29) is 6.42 Å². The molecule has 1 atom stereocenters. The summed E-state index contributed by atoms with van der Waals surface area (Å²) in [6.45, 7) is 4.35. The molecule has 0 saturated carbocycles. The largest absolute Gasteiger partial charge is 0.481 e. The molecule has 19 heavy (non-hydrogen) atoms. The van der Waals surface area contributed by atoms with Gasteiger partial charge < -0.3 is 5.11 Å². The molecule has 106 valence electrons. The lowest BCUT2D eigenvalue weighted by Gasteiger charge is -2.11. The van der Waals surface area contributed by atoms with Crippen molar-refractivity contribution in [3.8, 4) is 0 Å². The number of aliphatic carboxylic acids is 1. The number of rotatable bonds is 9. The Bertz CT molecular complexity index is 385. The van der Waals surface area contributed by atoms with Crippen molar-refractivity contribution >= 4 is 5.97 Å². The minimum atomic E-state index is -0.694. The number of carboxylic acid groups (broad SMARTS) is 1. The van der Waals surface area contributed by atoms with Gasteiger partial charge in [-0.05, 0) is 42.7 Å². The number of hydrogen-bond acceptors (Lipinski definition) is 1. The number of aryl methyl sites for hydroxylation is 1. The Balaban J connectivity index is 2.44. The van der Waals surface area contributed by atoms with Gasteiger partial charge in [-0.2, -0.15) is 0 Å². The Hall–Kier alpha value is -1.31. The van der Waals surface area contributed by atoms with Crippen LogP contribution in [0.25, 0.3) is 0 Å². The monoisotopic (exact) mass is 262 g/mol. The SMILES string of the molecule is CCCCCc1cccc(CC(C)CCC(=O)O)c1. The van der Waals surface area contributed by atoms with Crippen LogP contribution in [-0.4, -0.2) is 11.1 Å². The van der Waals surface area contributed by atoms with Crippen molar-refractivity contribution in [2.45, 2.75) is 58.8 Å². The third-order valence-corrected chi connectivity index (χ3v) is 3.50. The molecule has 1 aromatic carbocycles. The molecule has 0 bridgehead atoms. The highest BCUT2D eigenvalue weighted by Gasteiger charge is 2.07. The summed E-state index contributed by atoms with van der Waals surface area (Å²) in [5, 5.41) is 8.69. The molecule has 1 aromatic rings. The fraction of sp³-hybridized carbons (Fsp3) is 0.588. The average Bonchev–Trinajstić information content (AvgIpc) is 2.37. The van der Waals surface area contributed by atoms with E-state index in [0.717, 1.165) is 19.3 Å². The first-order valence-electron chi connectivity index (χ1n) is 7.41. The van der Waals surface area contributed by atoms with Crippen molar-refractivity contribution in [1.29, 1.82) is 0 Å². The van der Waals surface area contributed by atoms with Gasteiger partial charge in [-0.15, -0.1) is 0 Å². The lowest BCUT2D eigenvalue weighted by Crippen LogP contribution is -2.04. The minimum absolute atomic E-state index is 0.275. The molecule has 1 N–H and O–H groups in total. The van der Waals surface area contributed by atoms with Gasteiger partial charge in [0.2, 0.25) is 0 Å². The number of unbranched alkanes of at least 4 members (excludes halogenated alkanes) is 2. The predicted octanol–water partition coefficient (Wildman–Crippen LogP) is 4.46. The van der Waals surface area contributed by atoms with Gasteiger partial charge in [0.1, 0.15) is 0 Å². The molecule has 1 unspecified atom stereocenters. The van der Waals surface area contributed by atoms with Gasteiger partial charge in [0.15, 0.2) is 0 Å². The van der Waals surface area contributed by atoms with Crippen LogP contribution < -0.4 is 0 Å². The fourth-order valence-electron chi connectivity index (χ4n) is 2.37. The lowest BCUT2D eigenvalue weighted by molar-refractivity contribution is -0.137. The van der Waals surface area contributed by atoms with Gasteiger partial charge in [0.05, 0.1) is 0 Å². The zero-order chi connectivity index (χ0) is 14.1. The molecular formula is C17H26O2. The molecule has 1 rings (SSSR count). The van der Waals surface area contributed by atoms with Crippen LogP contribution >= 0.6 is 0 Å². The molecule has 2 nitrogen and oxygen atoms in total. The van der Waals surface area contributed by atoms with E-state index in [1.54, 1.807) is 0 Å². The third-order valence-electron chi connectivity index (χ3n) is 3.50. The second-order valence-electron chi connectivity index (χ2n) is 5.52. The van der Waals surface area contributed by atoms with Gasteiger partial charge >= 0.3 is 5.97 Å². The zero-order valence-corrected chi connectivity index (χ0v) is 12.2. The van der Waals surface area contributed by atoms with Crippen LogP contribution in [0.2, 0.25) is 0 Å². The van der Waals surface area contributed by atoms with E-state index in [2.05, 4.69) is 38.1 Å². The maximum atomic E-state index is 10.6. The molecule has 0 spiro atoms. The summed E-state index contributed by atoms with van der Waals surface area (Å²) in [4.78, 5) is 10.6. The highest BCUT2D eigenvalue weighted by molar-refractivity contribution is 5.66. The highest BCUT2D eigenvalue weighted by atomic mass is 16.4. The van der Waals surface area contributed by atoms with Gasteiger partial charge in [-0.1, -0.05) is 51.0 Å². The summed E-state index contributed by atoms with van der Waals surface area (Å²) in [6, 6.07) is 8.76. The molecular weight excluding hydrogens is 236 g/mol. The Kier molecular flexibility index (Phi) is 7.24. The second-order valence-corrected chi connectivity index (χ2v) is 5.52. The zero-order valence-electron chi connectivity index (χ0n) is 12.2. The molecule has 0 aliphatic heterocycles. The first kappa shape index (κ1) is 15.7. The van der Waals surface area contributed by atoms with Crippen LogP contribution in [0, 0.1) is 5.92 Å². The van der Waals surface area contributed by atoms with Crippen LogP contribution in [0.1, 0.15) is 57.1 Å². The summed E-state index contributed by atoms with van der Waals surface area (Å²) in [5.41, 5.74) is 2.75. The smallest absolute Gasteiger partial charge is 0.303 e. The van der Waals surface area contributed by atoms with Gasteiger partial charge in [-0.25, -0.2) is 0 Å². The van der Waals surface area contributed by atoms with Crippen molar-refractivity contribution in [1.82, 2.24) is 0 Å². The topological polar surface area (TPSA) is 37.3 Å². The van der Waals surface area contributed by atoms with Crippen molar-refractivity contribution < 1.29 is 9.90 Å². The summed E-state index contributed by atoms with van der Waals surface area (Å²) >= 11 is 0. The normalized spacial score (nSPS) is 12.3. The molecule has 0 aliphatic carbocycles. The lowest BCUT2D eigenvalue weighted by atomic mass is 9.95. The molecule has 0 aliphatic rings. The van der Waals surface area contributed by atoms with Gasteiger partial charge in [0, 0.05) is 6.42 Å². The van der Waals surface area contributed by atoms with Crippen LogP contribution in [0.15, 0.2) is 24.3 Å². The van der Waals surface area contributed by atoms with Gasteiger partial charge in [-0.3, -0.25) is 4.79 Å². The Morgan fingerprint density at radius 3 is 2.68 bits per heavy atom. The average molecular weight is 262 g/mol. The molecule has 0 heterocycles. The predicted molar refractivity (Wildman–Crippen MR) is 79.4 cm³/mol. The van der Waals surface area contributed by atoms with Crippen molar-refractivity contribution in [3.63, 3.8) is 0 Å². The maximum Gasteiger partial charge on any atom is 0.303 e. The molecule has 2 heteroatoms. The van der Waals surface area contributed by atoms with Crippen LogP contribution in [0.4, 0.5) is 0 Å².